The highest BCUT2D eigenvalue weighted by molar-refractivity contribution is 6.30. The Hall–Kier alpha value is -1.60. The molecule has 0 spiro atoms. The van der Waals surface area contributed by atoms with Crippen LogP contribution in [0.3, 0.4) is 0 Å². The molecule has 0 bridgehead atoms. The van der Waals surface area contributed by atoms with Gasteiger partial charge in [-0.05, 0) is 18.8 Å². The maximum atomic E-state index is 11.8. The zero-order valence-corrected chi connectivity index (χ0v) is 16.9. The maximum Gasteiger partial charge on any atom is 0.303 e. The summed E-state index contributed by atoms with van der Waals surface area (Å²) in [5.74, 6) is 0.532. The van der Waals surface area contributed by atoms with E-state index in [9.17, 15) is 9.59 Å². The lowest BCUT2D eigenvalue weighted by molar-refractivity contribution is -0.137. The molecular formula is C19H29ClN4O3. The minimum absolute atomic E-state index is 0.0721. The molecule has 3 rings (SSSR count). The highest BCUT2D eigenvalue weighted by Gasteiger charge is 2.52. The molecule has 3 heterocycles. The van der Waals surface area contributed by atoms with E-state index in [1.807, 2.05) is 4.90 Å². The topological polar surface area (TPSA) is 89.5 Å². The molecule has 0 saturated carbocycles. The minimum atomic E-state index is -0.778. The van der Waals surface area contributed by atoms with E-state index in [0.717, 1.165) is 43.9 Å². The zero-order valence-electron chi connectivity index (χ0n) is 16.1. The van der Waals surface area contributed by atoms with Gasteiger partial charge < -0.3 is 15.0 Å². The average Bonchev–Trinajstić information content (AvgIpc) is 3.22. The Bertz CT molecular complexity index is 707. The Morgan fingerprint density at radius 2 is 2.15 bits per heavy atom. The molecule has 1 aromatic heterocycles. The van der Waals surface area contributed by atoms with Crippen LogP contribution >= 0.6 is 11.6 Å². The highest BCUT2D eigenvalue weighted by atomic mass is 35.5. The number of aryl methyl sites for hydroxylation is 1. The van der Waals surface area contributed by atoms with Crippen LogP contribution in [0.15, 0.2) is 0 Å². The second-order valence-electron chi connectivity index (χ2n) is 8.08. The molecule has 2 aliphatic heterocycles. The summed E-state index contributed by atoms with van der Waals surface area (Å²) in [6, 6.07) is 0. The Labute approximate surface area is 165 Å². The van der Waals surface area contributed by atoms with Gasteiger partial charge in [0.1, 0.15) is 5.82 Å². The molecule has 0 radical (unpaired) electrons. The summed E-state index contributed by atoms with van der Waals surface area (Å²) < 4.78 is 0. The second-order valence-corrected chi connectivity index (χ2v) is 8.44. The summed E-state index contributed by atoms with van der Waals surface area (Å²) in [7, 11) is 0. The molecule has 27 heavy (non-hydrogen) atoms. The zero-order chi connectivity index (χ0) is 19.6. The third kappa shape index (κ3) is 4.46. The monoisotopic (exact) mass is 396 g/mol. The molecule has 1 amide bonds. The number of unbranched alkanes of at least 4 members (excludes halogenated alkanes) is 1. The van der Waals surface area contributed by atoms with E-state index >= 15 is 0 Å². The van der Waals surface area contributed by atoms with Gasteiger partial charge >= 0.3 is 5.97 Å². The fourth-order valence-corrected chi connectivity index (χ4v) is 4.80. The number of fused-ring (bicyclic) bond motifs is 1. The Morgan fingerprint density at radius 1 is 1.37 bits per heavy atom. The number of hydrogen-bond donors (Lipinski definition) is 2. The Balaban J connectivity index is 1.68. The number of nitrogens with zero attached hydrogens (tertiary/aromatic N) is 3. The summed E-state index contributed by atoms with van der Waals surface area (Å²) in [5, 5.41) is 9.68. The number of aromatic nitrogens is 2. The normalized spacial score (nSPS) is 25.1. The van der Waals surface area contributed by atoms with E-state index in [1.165, 1.54) is 0 Å². The molecule has 2 fully saturated rings. The van der Waals surface area contributed by atoms with Crippen LogP contribution in [-0.2, 0) is 22.6 Å². The molecule has 2 N–H and O–H groups in total. The van der Waals surface area contributed by atoms with Gasteiger partial charge in [0.15, 0.2) is 5.15 Å². The smallest absolute Gasteiger partial charge is 0.303 e. The third-order valence-corrected chi connectivity index (χ3v) is 6.35. The van der Waals surface area contributed by atoms with Gasteiger partial charge in [0.2, 0.25) is 5.91 Å². The van der Waals surface area contributed by atoms with Crippen LogP contribution in [0.5, 0.6) is 0 Å². The van der Waals surface area contributed by atoms with Crippen LogP contribution < -0.4 is 0 Å². The van der Waals surface area contributed by atoms with E-state index in [-0.39, 0.29) is 17.7 Å². The number of carboxylic acid groups (broad SMARTS) is 1. The van der Waals surface area contributed by atoms with Gasteiger partial charge in [0.05, 0.1) is 5.69 Å². The number of nitrogens with one attached hydrogen (secondary N) is 1. The van der Waals surface area contributed by atoms with E-state index < -0.39 is 5.97 Å². The van der Waals surface area contributed by atoms with Gasteiger partial charge in [-0.1, -0.05) is 24.9 Å². The summed E-state index contributed by atoms with van der Waals surface area (Å²) in [4.78, 5) is 34.9. The number of likely N-dealkylation sites (tertiary alicyclic amines) is 2. The number of carboxylic acids is 1. The van der Waals surface area contributed by atoms with E-state index in [1.54, 1.807) is 6.92 Å². The number of aliphatic carboxylic acids is 1. The summed E-state index contributed by atoms with van der Waals surface area (Å²) in [6.45, 7) is 7.42. The van der Waals surface area contributed by atoms with E-state index in [0.29, 0.717) is 37.1 Å². The molecular weight excluding hydrogens is 368 g/mol. The predicted molar refractivity (Wildman–Crippen MR) is 103 cm³/mol. The summed E-state index contributed by atoms with van der Waals surface area (Å²) in [5.41, 5.74) is 0.793. The van der Waals surface area contributed by atoms with Crippen LogP contribution in [0.1, 0.15) is 51.0 Å². The molecule has 2 saturated heterocycles. The largest absolute Gasteiger partial charge is 0.481 e. The fourth-order valence-electron chi connectivity index (χ4n) is 4.59. The van der Waals surface area contributed by atoms with Crippen molar-refractivity contribution in [3.05, 3.63) is 16.7 Å². The van der Waals surface area contributed by atoms with Gasteiger partial charge in [-0.25, -0.2) is 4.98 Å². The van der Waals surface area contributed by atoms with Crippen molar-refractivity contribution < 1.29 is 14.7 Å². The van der Waals surface area contributed by atoms with Crippen molar-refractivity contribution in [2.24, 2.45) is 11.3 Å². The molecule has 1 aromatic rings. The molecule has 7 nitrogen and oxygen atoms in total. The van der Waals surface area contributed by atoms with Crippen molar-refractivity contribution in [1.82, 2.24) is 19.8 Å². The number of H-pyrrole nitrogens is 1. The van der Waals surface area contributed by atoms with E-state index in [4.69, 9.17) is 16.7 Å². The number of aromatic amines is 1. The maximum absolute atomic E-state index is 11.8. The Kier molecular flexibility index (Phi) is 6.11. The van der Waals surface area contributed by atoms with Gasteiger partial charge in [-0.15, -0.1) is 0 Å². The van der Waals surface area contributed by atoms with Gasteiger partial charge in [-0.2, -0.15) is 0 Å². The van der Waals surface area contributed by atoms with Crippen LogP contribution in [-0.4, -0.2) is 62.9 Å². The second kappa shape index (κ2) is 8.19. The molecule has 0 aromatic carbocycles. The number of rotatable bonds is 8. The molecule has 0 unspecified atom stereocenters. The molecule has 8 heteroatoms. The lowest BCUT2D eigenvalue weighted by Gasteiger charge is -2.28. The van der Waals surface area contributed by atoms with Crippen molar-refractivity contribution in [3.8, 4) is 0 Å². The quantitative estimate of drug-likeness (QED) is 0.704. The minimum Gasteiger partial charge on any atom is -0.481 e. The van der Waals surface area contributed by atoms with Crippen molar-refractivity contribution in [2.45, 2.75) is 52.5 Å². The van der Waals surface area contributed by atoms with Crippen molar-refractivity contribution in [1.29, 1.82) is 0 Å². The number of carbonyl (C=O) groups is 2. The first-order chi connectivity index (χ1) is 12.8. The fraction of sp³-hybridized carbons (Fsp3) is 0.737. The molecule has 2 aliphatic rings. The van der Waals surface area contributed by atoms with Crippen LogP contribution in [0.25, 0.3) is 0 Å². The third-order valence-electron chi connectivity index (χ3n) is 6.04. The Morgan fingerprint density at radius 3 is 2.81 bits per heavy atom. The molecule has 150 valence electrons. The first kappa shape index (κ1) is 20.1. The van der Waals surface area contributed by atoms with Crippen LogP contribution in [0.2, 0.25) is 5.15 Å². The number of carbonyl (C=O) groups excluding carboxylic acids is 1. The van der Waals surface area contributed by atoms with Crippen molar-refractivity contribution in [3.63, 3.8) is 0 Å². The predicted octanol–water partition coefficient (Wildman–Crippen LogP) is 2.55. The lowest BCUT2D eigenvalue weighted by atomic mass is 9.77. The van der Waals surface area contributed by atoms with Crippen molar-refractivity contribution >= 4 is 23.5 Å². The van der Waals surface area contributed by atoms with Gasteiger partial charge in [-0.3, -0.25) is 14.5 Å². The average molecular weight is 397 g/mol. The summed E-state index contributed by atoms with van der Waals surface area (Å²) >= 11 is 6.33. The standard InChI is InChI=1S/C19H29ClN4O3/c1-3-4-5-16-21-15(18(20)22-16)10-23-8-14-9-24(13(2)25)12-19(14,11-23)7-6-17(26)27/h14H,3-12H2,1-2H3,(H,21,22)(H,26,27)/t14-,19+/m0/s1. The highest BCUT2D eigenvalue weighted by Crippen LogP contribution is 2.46. The van der Waals surface area contributed by atoms with Crippen molar-refractivity contribution in [2.75, 3.05) is 26.2 Å². The number of halogens is 1. The molecule has 2 atom stereocenters. The van der Waals surface area contributed by atoms with E-state index in [2.05, 4.69) is 21.8 Å². The molecule has 0 aliphatic carbocycles. The number of amides is 1. The SMILES string of the molecule is CCCCc1nc(Cl)c(CN2C[C@H]3CN(C(C)=O)C[C@@]3(CCC(=O)O)C2)[nH]1. The number of hydrogen-bond acceptors (Lipinski definition) is 4. The van der Waals surface area contributed by atoms with Crippen LogP contribution in [0, 0.1) is 11.3 Å². The van der Waals surface area contributed by atoms with Crippen LogP contribution in [0.4, 0.5) is 0 Å². The summed E-state index contributed by atoms with van der Waals surface area (Å²) in [6.07, 6.45) is 3.83. The van der Waals surface area contributed by atoms with Gasteiger partial charge in [0.25, 0.3) is 0 Å². The first-order valence-corrected chi connectivity index (χ1v) is 10.1. The first-order valence-electron chi connectivity index (χ1n) is 9.76. The van der Waals surface area contributed by atoms with Gasteiger partial charge in [0, 0.05) is 57.9 Å². The number of imidazole rings is 1. The lowest BCUT2D eigenvalue weighted by Crippen LogP contribution is -2.36.